The number of benzene rings is 2. The summed E-state index contributed by atoms with van der Waals surface area (Å²) in [6, 6.07) is 13.7. The first-order valence-electron chi connectivity index (χ1n) is 6.57. The molecule has 0 radical (unpaired) electrons. The maximum absolute atomic E-state index is 15.1. The summed E-state index contributed by atoms with van der Waals surface area (Å²) in [6.07, 6.45) is 1.03. The van der Waals surface area contributed by atoms with Gasteiger partial charge >= 0.3 is 0 Å². The number of hydrogen-bond acceptors (Lipinski definition) is 2. The Morgan fingerprint density at radius 3 is 2.58 bits per heavy atom. The van der Waals surface area contributed by atoms with Crippen LogP contribution in [0.2, 0.25) is 0 Å². The van der Waals surface area contributed by atoms with Crippen LogP contribution in [0.5, 0.6) is 0 Å². The lowest BCUT2D eigenvalue weighted by Crippen LogP contribution is -2.27. The van der Waals surface area contributed by atoms with Crippen molar-refractivity contribution in [2.75, 3.05) is 20.3 Å². The number of fused-ring (bicyclic) bond motifs is 1. The molecule has 0 saturated carbocycles. The zero-order chi connectivity index (χ0) is 13.7. The first kappa shape index (κ1) is 14.0. The molecule has 0 saturated heterocycles. The third-order valence-corrected chi connectivity index (χ3v) is 3.42. The van der Waals surface area contributed by atoms with E-state index in [-0.39, 0.29) is 6.61 Å². The second-order valence-electron chi connectivity index (χ2n) is 4.85. The molecule has 2 nitrogen and oxygen atoms in total. The van der Waals surface area contributed by atoms with Crippen molar-refractivity contribution in [3.05, 3.63) is 48.0 Å². The molecule has 2 aromatic carbocycles. The molecular formula is C16H20FNO. The van der Waals surface area contributed by atoms with E-state index in [9.17, 15) is 0 Å². The molecule has 0 fully saturated rings. The molecule has 19 heavy (non-hydrogen) atoms. The zero-order valence-corrected chi connectivity index (χ0v) is 11.2. The quantitative estimate of drug-likeness (QED) is 0.865. The van der Waals surface area contributed by atoms with Crippen molar-refractivity contribution < 1.29 is 9.13 Å². The van der Waals surface area contributed by atoms with Gasteiger partial charge in [-0.3, -0.25) is 0 Å². The highest BCUT2D eigenvalue weighted by Crippen LogP contribution is 2.33. The van der Waals surface area contributed by atoms with Crippen LogP contribution in [0.3, 0.4) is 0 Å². The van der Waals surface area contributed by atoms with Crippen LogP contribution in [0.4, 0.5) is 4.39 Å². The Labute approximate surface area is 113 Å². The maximum Gasteiger partial charge on any atom is 0.159 e. The number of nitrogens with two attached hydrogens (primary N) is 1. The Morgan fingerprint density at radius 1 is 1.16 bits per heavy atom. The largest absolute Gasteiger partial charge is 0.381 e. The number of hydrogen-bond donors (Lipinski definition) is 1. The molecule has 1 atom stereocenters. The maximum atomic E-state index is 15.1. The fraction of sp³-hybridized carbons (Fsp3) is 0.375. The van der Waals surface area contributed by atoms with Crippen LogP contribution in [0.1, 0.15) is 18.4 Å². The first-order chi connectivity index (χ1) is 9.19. The van der Waals surface area contributed by atoms with E-state index in [0.29, 0.717) is 24.9 Å². The predicted molar refractivity (Wildman–Crippen MR) is 76.9 cm³/mol. The third kappa shape index (κ3) is 3.11. The minimum atomic E-state index is -1.46. The predicted octanol–water partition coefficient (Wildman–Crippen LogP) is 3.39. The lowest BCUT2D eigenvalue weighted by molar-refractivity contribution is 0.0305. The van der Waals surface area contributed by atoms with Gasteiger partial charge < -0.3 is 10.5 Å². The van der Waals surface area contributed by atoms with Crippen molar-refractivity contribution >= 4 is 10.8 Å². The number of methoxy groups -OCH3 is 1. The van der Waals surface area contributed by atoms with Gasteiger partial charge in [0.25, 0.3) is 0 Å². The van der Waals surface area contributed by atoms with Gasteiger partial charge in [0.2, 0.25) is 0 Å². The van der Waals surface area contributed by atoms with Gasteiger partial charge in [0.15, 0.2) is 5.67 Å². The van der Waals surface area contributed by atoms with Crippen LogP contribution in [-0.2, 0) is 10.4 Å². The number of alkyl halides is 1. The molecule has 0 spiro atoms. The van der Waals surface area contributed by atoms with Crippen molar-refractivity contribution in [1.29, 1.82) is 0 Å². The van der Waals surface area contributed by atoms with Crippen LogP contribution >= 0.6 is 0 Å². The van der Waals surface area contributed by atoms with Crippen molar-refractivity contribution in [2.45, 2.75) is 18.5 Å². The van der Waals surface area contributed by atoms with E-state index in [1.54, 1.807) is 0 Å². The molecule has 0 amide bonds. The van der Waals surface area contributed by atoms with Crippen LogP contribution in [-0.4, -0.2) is 20.3 Å². The second-order valence-corrected chi connectivity index (χ2v) is 4.85. The Kier molecular flexibility index (Phi) is 4.51. The molecule has 0 aliphatic carbocycles. The number of rotatable bonds is 6. The summed E-state index contributed by atoms with van der Waals surface area (Å²) >= 11 is 0. The summed E-state index contributed by atoms with van der Waals surface area (Å²) in [4.78, 5) is 0. The molecule has 2 rings (SSSR count). The summed E-state index contributed by atoms with van der Waals surface area (Å²) in [5.74, 6) is 0. The van der Waals surface area contributed by atoms with Crippen molar-refractivity contribution in [3.63, 3.8) is 0 Å². The molecule has 0 heterocycles. The summed E-state index contributed by atoms with van der Waals surface area (Å²) in [5.41, 5.74) is 4.70. The number of ether oxygens (including phenoxy) is 1. The Bertz CT molecular complexity index is 543. The van der Waals surface area contributed by atoms with Gasteiger partial charge in [-0.15, -0.1) is 0 Å². The highest BCUT2D eigenvalue weighted by atomic mass is 19.1. The van der Waals surface area contributed by atoms with Gasteiger partial charge in [-0.25, -0.2) is 4.39 Å². The lowest BCUT2D eigenvalue weighted by Gasteiger charge is -2.25. The van der Waals surface area contributed by atoms with E-state index in [1.165, 1.54) is 7.11 Å². The van der Waals surface area contributed by atoms with E-state index in [4.69, 9.17) is 10.5 Å². The van der Waals surface area contributed by atoms with Crippen LogP contribution in [0, 0.1) is 0 Å². The highest BCUT2D eigenvalue weighted by Gasteiger charge is 2.31. The fourth-order valence-corrected chi connectivity index (χ4v) is 2.38. The first-order valence-corrected chi connectivity index (χ1v) is 6.57. The van der Waals surface area contributed by atoms with Gasteiger partial charge in [0, 0.05) is 7.11 Å². The smallest absolute Gasteiger partial charge is 0.159 e. The van der Waals surface area contributed by atoms with E-state index >= 15 is 4.39 Å². The molecule has 3 heteroatoms. The van der Waals surface area contributed by atoms with E-state index in [1.807, 2.05) is 42.5 Å². The normalized spacial score (nSPS) is 14.5. The van der Waals surface area contributed by atoms with Gasteiger partial charge in [0.05, 0.1) is 6.61 Å². The van der Waals surface area contributed by atoms with Gasteiger partial charge in [-0.05, 0) is 41.8 Å². The van der Waals surface area contributed by atoms with Crippen molar-refractivity contribution in [3.8, 4) is 0 Å². The topological polar surface area (TPSA) is 35.2 Å². The summed E-state index contributed by atoms with van der Waals surface area (Å²) in [7, 11) is 1.53. The molecule has 0 aromatic heterocycles. The molecule has 0 aliphatic heterocycles. The van der Waals surface area contributed by atoms with Crippen LogP contribution in [0.15, 0.2) is 42.5 Å². The SMILES string of the molecule is COCC(F)(CCCN)c1ccc2ccccc2c1. The fourth-order valence-electron chi connectivity index (χ4n) is 2.38. The second kappa shape index (κ2) is 6.13. The summed E-state index contributed by atoms with van der Waals surface area (Å²) in [5, 5.41) is 2.16. The summed E-state index contributed by atoms with van der Waals surface area (Å²) in [6.45, 7) is 0.550. The molecule has 2 N–H and O–H groups in total. The van der Waals surface area contributed by atoms with Crippen molar-refractivity contribution in [1.82, 2.24) is 0 Å². The molecule has 1 unspecified atom stereocenters. The monoisotopic (exact) mass is 261 g/mol. The van der Waals surface area contributed by atoms with Gasteiger partial charge in [-0.2, -0.15) is 0 Å². The summed E-state index contributed by atoms with van der Waals surface area (Å²) < 4.78 is 20.1. The zero-order valence-electron chi connectivity index (χ0n) is 11.2. The standard InChI is InChI=1S/C16H20FNO/c1-19-12-16(17,9-4-10-18)15-8-7-13-5-2-3-6-14(13)11-15/h2-3,5-8,11H,4,9-10,12,18H2,1H3. The average Bonchev–Trinajstić information content (AvgIpc) is 2.45. The Hall–Kier alpha value is -1.45. The van der Waals surface area contributed by atoms with Gasteiger partial charge in [0.1, 0.15) is 0 Å². The Balaban J connectivity index is 2.37. The average molecular weight is 261 g/mol. The number of halogens is 1. The van der Waals surface area contributed by atoms with E-state index in [0.717, 1.165) is 10.8 Å². The molecular weight excluding hydrogens is 241 g/mol. The molecule has 0 aliphatic rings. The Morgan fingerprint density at radius 2 is 1.89 bits per heavy atom. The van der Waals surface area contributed by atoms with Gasteiger partial charge in [-0.1, -0.05) is 36.4 Å². The van der Waals surface area contributed by atoms with E-state index in [2.05, 4.69) is 0 Å². The van der Waals surface area contributed by atoms with Crippen molar-refractivity contribution in [2.24, 2.45) is 5.73 Å². The lowest BCUT2D eigenvalue weighted by atomic mass is 9.90. The highest BCUT2D eigenvalue weighted by molar-refractivity contribution is 5.83. The molecule has 2 aromatic rings. The van der Waals surface area contributed by atoms with E-state index < -0.39 is 5.67 Å². The third-order valence-electron chi connectivity index (χ3n) is 3.42. The molecule has 0 bridgehead atoms. The van der Waals surface area contributed by atoms with Crippen LogP contribution in [0.25, 0.3) is 10.8 Å². The minimum Gasteiger partial charge on any atom is -0.381 e. The van der Waals surface area contributed by atoms with Crippen LogP contribution < -0.4 is 5.73 Å². The minimum absolute atomic E-state index is 0.0609. The molecule has 102 valence electrons.